The van der Waals surface area contributed by atoms with Crippen molar-refractivity contribution in [1.29, 1.82) is 0 Å². The number of hydrogen-bond donors (Lipinski definition) is 1. The summed E-state index contributed by atoms with van der Waals surface area (Å²) < 4.78 is 0. The Bertz CT molecular complexity index is 136. The van der Waals surface area contributed by atoms with Gasteiger partial charge in [0, 0.05) is 5.54 Å². The summed E-state index contributed by atoms with van der Waals surface area (Å²) in [6, 6.07) is 0. The Balaban J connectivity index is 3.53. The van der Waals surface area contributed by atoms with E-state index in [4.69, 9.17) is 0 Å². The van der Waals surface area contributed by atoms with Gasteiger partial charge in [0.25, 0.3) is 0 Å². The molecule has 0 aliphatic carbocycles. The zero-order valence-electron chi connectivity index (χ0n) is 9.04. The van der Waals surface area contributed by atoms with E-state index < -0.39 is 0 Å². The molecule has 0 heterocycles. The molecule has 0 aromatic heterocycles. The molecule has 1 N–H and O–H groups in total. The first-order valence-corrected chi connectivity index (χ1v) is 4.87. The third kappa shape index (κ3) is 6.41. The Labute approximate surface area is 77.2 Å². The van der Waals surface area contributed by atoms with E-state index >= 15 is 0 Å². The molecule has 0 fully saturated rings. The summed E-state index contributed by atoms with van der Waals surface area (Å²) in [6.07, 6.45) is 3.57. The fraction of sp³-hybridized carbons (Fsp3) is 0.818. The van der Waals surface area contributed by atoms with Crippen molar-refractivity contribution in [3.8, 4) is 0 Å². The van der Waals surface area contributed by atoms with Crippen LogP contribution in [0.25, 0.3) is 0 Å². The maximum atomic E-state index is 3.88. The Morgan fingerprint density at radius 2 is 2.00 bits per heavy atom. The van der Waals surface area contributed by atoms with E-state index in [0.717, 1.165) is 13.0 Å². The zero-order chi connectivity index (χ0) is 9.61. The van der Waals surface area contributed by atoms with Crippen molar-refractivity contribution >= 4 is 0 Å². The van der Waals surface area contributed by atoms with E-state index in [9.17, 15) is 0 Å². The molecule has 1 heteroatoms. The van der Waals surface area contributed by atoms with E-state index in [-0.39, 0.29) is 0 Å². The van der Waals surface area contributed by atoms with Gasteiger partial charge < -0.3 is 5.32 Å². The third-order valence-electron chi connectivity index (χ3n) is 2.03. The van der Waals surface area contributed by atoms with Crippen molar-refractivity contribution in [2.45, 2.75) is 52.5 Å². The molecule has 0 amide bonds. The molecule has 0 saturated carbocycles. The van der Waals surface area contributed by atoms with E-state index in [1.807, 2.05) is 0 Å². The molecule has 0 aliphatic rings. The molecule has 0 saturated heterocycles. The minimum absolute atomic E-state index is 0.296. The molecule has 0 radical (unpaired) electrons. The lowest BCUT2D eigenvalue weighted by Gasteiger charge is -2.25. The quantitative estimate of drug-likeness (QED) is 0.602. The number of hydrogen-bond acceptors (Lipinski definition) is 1. The number of rotatable bonds is 6. The summed E-state index contributed by atoms with van der Waals surface area (Å²) in [5.74, 6) is 0. The molecule has 12 heavy (non-hydrogen) atoms. The van der Waals surface area contributed by atoms with Gasteiger partial charge in [-0.2, -0.15) is 0 Å². The second-order valence-electron chi connectivity index (χ2n) is 4.27. The molecular formula is C11H23N. The summed E-state index contributed by atoms with van der Waals surface area (Å²) in [4.78, 5) is 0. The normalized spacial score (nSPS) is 11.7. The molecule has 1 nitrogen and oxygen atoms in total. The van der Waals surface area contributed by atoms with Gasteiger partial charge in [0.2, 0.25) is 0 Å². The fourth-order valence-corrected chi connectivity index (χ4v) is 1.33. The highest BCUT2D eigenvalue weighted by atomic mass is 14.9. The van der Waals surface area contributed by atoms with Crippen molar-refractivity contribution in [3.63, 3.8) is 0 Å². The van der Waals surface area contributed by atoms with Gasteiger partial charge in [0.05, 0.1) is 0 Å². The molecule has 72 valence electrons. The third-order valence-corrected chi connectivity index (χ3v) is 2.03. The Kier molecular flexibility index (Phi) is 5.23. The highest BCUT2D eigenvalue weighted by Gasteiger charge is 2.14. The minimum Gasteiger partial charge on any atom is -0.311 e. The molecule has 0 bridgehead atoms. The topological polar surface area (TPSA) is 12.0 Å². The van der Waals surface area contributed by atoms with Gasteiger partial charge in [0.15, 0.2) is 0 Å². The second-order valence-corrected chi connectivity index (χ2v) is 4.27. The zero-order valence-corrected chi connectivity index (χ0v) is 9.04. The van der Waals surface area contributed by atoms with E-state index in [1.165, 1.54) is 18.4 Å². The maximum Gasteiger partial charge on any atom is 0.0125 e. The van der Waals surface area contributed by atoms with Crippen molar-refractivity contribution in [2.75, 3.05) is 6.54 Å². The summed E-state index contributed by atoms with van der Waals surface area (Å²) in [6.45, 7) is 13.8. The van der Waals surface area contributed by atoms with Gasteiger partial charge in [-0.1, -0.05) is 18.9 Å². The van der Waals surface area contributed by atoms with Crippen molar-refractivity contribution in [3.05, 3.63) is 12.2 Å². The lowest BCUT2D eigenvalue weighted by Crippen LogP contribution is -2.39. The van der Waals surface area contributed by atoms with Crippen LogP contribution < -0.4 is 5.32 Å². The van der Waals surface area contributed by atoms with Crippen LogP contribution in [0.3, 0.4) is 0 Å². The molecule has 0 aliphatic heterocycles. The SMILES string of the molecule is C=C(C)CCNC(C)(C)CCC. The molecule has 0 atom stereocenters. The van der Waals surface area contributed by atoms with Crippen molar-refractivity contribution in [1.82, 2.24) is 5.32 Å². The molecule has 0 rings (SSSR count). The summed E-state index contributed by atoms with van der Waals surface area (Å²) in [7, 11) is 0. The van der Waals surface area contributed by atoms with Gasteiger partial charge in [-0.25, -0.2) is 0 Å². The van der Waals surface area contributed by atoms with Crippen LogP contribution in [-0.2, 0) is 0 Å². The van der Waals surface area contributed by atoms with E-state index in [2.05, 4.69) is 39.6 Å². The van der Waals surface area contributed by atoms with Gasteiger partial charge in [-0.05, 0) is 40.2 Å². The van der Waals surface area contributed by atoms with E-state index in [0.29, 0.717) is 5.54 Å². The van der Waals surface area contributed by atoms with Crippen LogP contribution in [-0.4, -0.2) is 12.1 Å². The van der Waals surface area contributed by atoms with Crippen LogP contribution in [0, 0.1) is 0 Å². The summed E-state index contributed by atoms with van der Waals surface area (Å²) >= 11 is 0. The monoisotopic (exact) mass is 169 g/mol. The highest BCUT2D eigenvalue weighted by Crippen LogP contribution is 2.10. The average molecular weight is 169 g/mol. The summed E-state index contributed by atoms with van der Waals surface area (Å²) in [5.41, 5.74) is 1.55. The predicted octanol–water partition coefficient (Wildman–Crippen LogP) is 3.12. The van der Waals surface area contributed by atoms with E-state index in [1.54, 1.807) is 0 Å². The summed E-state index contributed by atoms with van der Waals surface area (Å²) in [5, 5.41) is 3.53. The van der Waals surface area contributed by atoms with Crippen LogP contribution >= 0.6 is 0 Å². The first-order valence-electron chi connectivity index (χ1n) is 4.87. The molecule has 0 unspecified atom stereocenters. The van der Waals surface area contributed by atoms with Gasteiger partial charge in [0.1, 0.15) is 0 Å². The van der Waals surface area contributed by atoms with Crippen molar-refractivity contribution < 1.29 is 0 Å². The predicted molar refractivity (Wildman–Crippen MR) is 56.4 cm³/mol. The fourth-order valence-electron chi connectivity index (χ4n) is 1.33. The minimum atomic E-state index is 0.296. The Morgan fingerprint density at radius 1 is 1.42 bits per heavy atom. The first kappa shape index (κ1) is 11.7. The van der Waals surface area contributed by atoms with Gasteiger partial charge in [-0.15, -0.1) is 6.58 Å². The first-order chi connectivity index (χ1) is 5.48. The molecular weight excluding hydrogens is 146 g/mol. The van der Waals surface area contributed by atoms with Gasteiger partial charge in [-0.3, -0.25) is 0 Å². The lowest BCUT2D eigenvalue weighted by molar-refractivity contribution is 0.361. The standard InChI is InChI=1S/C11H23N/c1-6-8-11(4,5)12-9-7-10(2)3/h12H,2,6-9H2,1,3-5H3. The smallest absolute Gasteiger partial charge is 0.0125 e. The highest BCUT2D eigenvalue weighted by molar-refractivity contribution is 4.89. The molecule has 0 aromatic carbocycles. The van der Waals surface area contributed by atoms with Crippen LogP contribution in [0.1, 0.15) is 47.0 Å². The van der Waals surface area contributed by atoms with Crippen LogP contribution in [0.15, 0.2) is 12.2 Å². The molecule has 0 aromatic rings. The number of nitrogens with one attached hydrogen (secondary N) is 1. The van der Waals surface area contributed by atoms with Crippen LogP contribution in [0.4, 0.5) is 0 Å². The van der Waals surface area contributed by atoms with Crippen molar-refractivity contribution in [2.24, 2.45) is 0 Å². The van der Waals surface area contributed by atoms with Gasteiger partial charge >= 0.3 is 0 Å². The largest absolute Gasteiger partial charge is 0.311 e. The van der Waals surface area contributed by atoms with Crippen LogP contribution in [0.2, 0.25) is 0 Å². The Hall–Kier alpha value is -0.300. The maximum absolute atomic E-state index is 3.88. The lowest BCUT2D eigenvalue weighted by atomic mass is 9.99. The molecule has 0 spiro atoms. The average Bonchev–Trinajstić information content (AvgIpc) is 1.85. The van der Waals surface area contributed by atoms with Crippen LogP contribution in [0.5, 0.6) is 0 Å². The Morgan fingerprint density at radius 3 is 2.42 bits per heavy atom. The second kappa shape index (κ2) is 5.36.